The highest BCUT2D eigenvalue weighted by molar-refractivity contribution is 4.93. The lowest BCUT2D eigenvalue weighted by atomic mass is 9.97. The molecule has 0 rings (SSSR count). The topological polar surface area (TPSA) is 26.7 Å². The third-order valence-electron chi connectivity index (χ3n) is 11.6. The largest absolute Gasteiger partial charge is 0.378 e. The van der Waals surface area contributed by atoms with Crippen molar-refractivity contribution in [2.24, 2.45) is 0 Å². The molecule has 0 aromatic rings. The molecule has 0 aromatic carbocycles. The van der Waals surface area contributed by atoms with E-state index >= 15 is 0 Å². The van der Waals surface area contributed by atoms with Gasteiger partial charge in [-0.1, -0.05) is 191 Å². The third-order valence-corrected chi connectivity index (χ3v) is 11.6. The third kappa shape index (κ3) is 42.5. The number of aliphatic hydroxyl groups is 1. The lowest BCUT2D eigenvalue weighted by Crippen LogP contribution is -2.44. The van der Waals surface area contributed by atoms with Crippen molar-refractivity contribution < 1.29 is 5.11 Å². The normalized spacial score (nSPS) is 13.8. The molecule has 0 aliphatic heterocycles. The first kappa shape index (κ1) is 55.6. The Kier molecular flexibility index (Phi) is 46.1. The van der Waals surface area contributed by atoms with Crippen LogP contribution in [0.4, 0.5) is 0 Å². The summed E-state index contributed by atoms with van der Waals surface area (Å²) in [6.07, 6.45) is 67.8. The van der Waals surface area contributed by atoms with Crippen LogP contribution >= 0.6 is 0 Å². The summed E-state index contributed by atoms with van der Waals surface area (Å²) in [6, 6.07) is 0.519. The molecule has 3 nitrogen and oxygen atoms in total. The van der Waals surface area contributed by atoms with Crippen LogP contribution < -0.4 is 0 Å². The monoisotopic (exact) mass is 795 g/mol. The molecular formula is C54H102N2O. The Hall–Kier alpha value is -1.42. The van der Waals surface area contributed by atoms with Crippen molar-refractivity contribution in [2.45, 2.75) is 258 Å². The molecule has 0 saturated carbocycles. The Bertz CT molecular complexity index is 917. The standard InChI is InChI=1S/C54H102N2O/c1-6-9-12-15-18-21-24-26-28-30-31-33-36-39-42-45-49-53(48-44-41-38-35-23-20-17-14-11-8-3)56(52-47-51-55(4)5)54(57)50-46-43-40-37-34-32-29-27-25-22-19-16-13-10-7-2/h11,14,18-19,21-22,26-29,53-54,57H,6-10,12-13,15-17,20,23-25,30-52H2,1-5H3/b14-11-,21-18-,22-19-,28-26-,29-27-. The summed E-state index contributed by atoms with van der Waals surface area (Å²) in [6.45, 7) is 8.89. The highest BCUT2D eigenvalue weighted by atomic mass is 16.3. The predicted molar refractivity (Wildman–Crippen MR) is 259 cm³/mol. The van der Waals surface area contributed by atoms with Crippen molar-refractivity contribution in [3.63, 3.8) is 0 Å². The lowest BCUT2D eigenvalue weighted by molar-refractivity contribution is -0.0386. The number of allylic oxidation sites excluding steroid dienone is 10. The summed E-state index contributed by atoms with van der Waals surface area (Å²) in [5, 5.41) is 11.7. The molecule has 334 valence electrons. The maximum atomic E-state index is 11.7. The number of hydrogen-bond donors (Lipinski definition) is 1. The maximum Gasteiger partial charge on any atom is 0.107 e. The summed E-state index contributed by atoms with van der Waals surface area (Å²) < 4.78 is 0. The minimum absolute atomic E-state index is 0.295. The molecule has 0 aliphatic carbocycles. The summed E-state index contributed by atoms with van der Waals surface area (Å²) >= 11 is 0. The van der Waals surface area contributed by atoms with Crippen molar-refractivity contribution in [2.75, 3.05) is 27.2 Å². The van der Waals surface area contributed by atoms with Crippen LogP contribution in [0.1, 0.15) is 245 Å². The van der Waals surface area contributed by atoms with Crippen molar-refractivity contribution in [1.29, 1.82) is 0 Å². The predicted octanol–water partition coefficient (Wildman–Crippen LogP) is 17.0. The summed E-state index contributed by atoms with van der Waals surface area (Å²) in [4.78, 5) is 4.87. The molecule has 2 atom stereocenters. The van der Waals surface area contributed by atoms with Gasteiger partial charge in [0.1, 0.15) is 6.23 Å². The minimum Gasteiger partial charge on any atom is -0.378 e. The van der Waals surface area contributed by atoms with Gasteiger partial charge in [0, 0.05) is 12.6 Å². The van der Waals surface area contributed by atoms with Crippen LogP contribution in [-0.2, 0) is 0 Å². The van der Waals surface area contributed by atoms with E-state index in [1.807, 2.05) is 0 Å². The van der Waals surface area contributed by atoms with Gasteiger partial charge in [-0.15, -0.1) is 0 Å². The smallest absolute Gasteiger partial charge is 0.107 e. The van der Waals surface area contributed by atoms with Crippen LogP contribution in [0.15, 0.2) is 60.8 Å². The highest BCUT2D eigenvalue weighted by Crippen LogP contribution is 2.23. The minimum atomic E-state index is -0.295. The average molecular weight is 795 g/mol. The van der Waals surface area contributed by atoms with Gasteiger partial charge >= 0.3 is 0 Å². The molecule has 2 unspecified atom stereocenters. The van der Waals surface area contributed by atoms with E-state index in [-0.39, 0.29) is 6.23 Å². The summed E-state index contributed by atoms with van der Waals surface area (Å²) in [5.74, 6) is 0. The lowest BCUT2D eigenvalue weighted by Gasteiger charge is -2.36. The van der Waals surface area contributed by atoms with Crippen molar-refractivity contribution >= 4 is 0 Å². The highest BCUT2D eigenvalue weighted by Gasteiger charge is 2.24. The SMILES string of the molecule is CC/C=C\CCCCCCCCC(CCCCCCCC/C=C\C/C=C\CCCCC)N(CCCN(C)C)C(O)CCCCCCC/C=C\C/C=C\CCCCC. The van der Waals surface area contributed by atoms with Gasteiger partial charge < -0.3 is 10.0 Å². The van der Waals surface area contributed by atoms with E-state index in [0.717, 1.165) is 51.6 Å². The van der Waals surface area contributed by atoms with Crippen LogP contribution in [0.5, 0.6) is 0 Å². The zero-order chi connectivity index (χ0) is 41.5. The molecule has 1 N–H and O–H groups in total. The Balaban J connectivity index is 4.80. The van der Waals surface area contributed by atoms with E-state index in [1.54, 1.807) is 0 Å². The molecule has 0 fully saturated rings. The first-order valence-electron chi connectivity index (χ1n) is 25.4. The van der Waals surface area contributed by atoms with Gasteiger partial charge in [-0.3, -0.25) is 4.90 Å². The molecule has 3 heteroatoms. The van der Waals surface area contributed by atoms with Crippen LogP contribution in [0, 0.1) is 0 Å². The van der Waals surface area contributed by atoms with Gasteiger partial charge in [-0.25, -0.2) is 0 Å². The number of aliphatic hydroxyl groups excluding tert-OH is 1. The van der Waals surface area contributed by atoms with Gasteiger partial charge in [0.05, 0.1) is 0 Å². The van der Waals surface area contributed by atoms with Crippen LogP contribution in [0.3, 0.4) is 0 Å². The summed E-state index contributed by atoms with van der Waals surface area (Å²) in [5.41, 5.74) is 0. The van der Waals surface area contributed by atoms with Crippen molar-refractivity contribution in [3.8, 4) is 0 Å². The van der Waals surface area contributed by atoms with Crippen LogP contribution in [0.25, 0.3) is 0 Å². The zero-order valence-electron chi connectivity index (χ0n) is 39.4. The molecule has 0 aromatic heterocycles. The molecule has 0 heterocycles. The Morgan fingerprint density at radius 1 is 0.368 bits per heavy atom. The molecule has 0 saturated heterocycles. The molecule has 0 aliphatic rings. The van der Waals surface area contributed by atoms with Crippen LogP contribution in [-0.4, -0.2) is 54.4 Å². The Labute approximate surface area is 359 Å². The van der Waals surface area contributed by atoms with Gasteiger partial charge in [0.15, 0.2) is 0 Å². The average Bonchev–Trinajstić information content (AvgIpc) is 3.20. The van der Waals surface area contributed by atoms with Gasteiger partial charge in [-0.2, -0.15) is 0 Å². The molecule has 57 heavy (non-hydrogen) atoms. The van der Waals surface area contributed by atoms with Crippen molar-refractivity contribution in [3.05, 3.63) is 60.8 Å². The Morgan fingerprint density at radius 2 is 0.719 bits per heavy atom. The fraction of sp³-hybridized carbons (Fsp3) is 0.815. The zero-order valence-corrected chi connectivity index (χ0v) is 39.4. The van der Waals surface area contributed by atoms with Gasteiger partial charge in [0.25, 0.3) is 0 Å². The van der Waals surface area contributed by atoms with E-state index in [4.69, 9.17) is 0 Å². The first-order valence-corrected chi connectivity index (χ1v) is 25.4. The van der Waals surface area contributed by atoms with Gasteiger partial charge in [-0.05, 0) is 136 Å². The van der Waals surface area contributed by atoms with Gasteiger partial charge in [0.2, 0.25) is 0 Å². The first-order chi connectivity index (χ1) is 28.1. The number of unbranched alkanes of at least 4 members (excludes halogenated alkanes) is 23. The fourth-order valence-electron chi connectivity index (χ4n) is 7.93. The molecular weight excluding hydrogens is 693 g/mol. The second kappa shape index (κ2) is 47.3. The van der Waals surface area contributed by atoms with Crippen molar-refractivity contribution in [1.82, 2.24) is 9.80 Å². The quantitative estimate of drug-likeness (QED) is 0.0378. The Morgan fingerprint density at radius 3 is 1.11 bits per heavy atom. The van der Waals surface area contributed by atoms with E-state index in [9.17, 15) is 5.11 Å². The maximum absolute atomic E-state index is 11.7. The second-order valence-electron chi connectivity index (χ2n) is 17.5. The number of hydrogen-bond acceptors (Lipinski definition) is 3. The van der Waals surface area contributed by atoms with Crippen LogP contribution in [0.2, 0.25) is 0 Å². The van der Waals surface area contributed by atoms with E-state index in [2.05, 4.69) is 105 Å². The molecule has 0 amide bonds. The molecule has 0 radical (unpaired) electrons. The van der Waals surface area contributed by atoms with E-state index in [0.29, 0.717) is 6.04 Å². The fourth-order valence-corrected chi connectivity index (χ4v) is 7.93. The second-order valence-corrected chi connectivity index (χ2v) is 17.5. The van der Waals surface area contributed by atoms with E-state index in [1.165, 1.54) is 186 Å². The molecule has 0 spiro atoms. The molecule has 0 bridgehead atoms. The number of rotatable bonds is 45. The summed E-state index contributed by atoms with van der Waals surface area (Å²) in [7, 11) is 4.37. The number of nitrogens with zero attached hydrogens (tertiary/aromatic N) is 2. The van der Waals surface area contributed by atoms with E-state index < -0.39 is 0 Å².